The summed E-state index contributed by atoms with van der Waals surface area (Å²) in [6.45, 7) is 2.16. The van der Waals surface area contributed by atoms with Gasteiger partial charge in [0.1, 0.15) is 11.5 Å². The first-order valence-electron chi connectivity index (χ1n) is 8.57. The third kappa shape index (κ3) is 3.26. The lowest BCUT2D eigenvalue weighted by molar-refractivity contribution is 0.386. The Bertz CT molecular complexity index is 738. The van der Waals surface area contributed by atoms with Crippen LogP contribution < -0.4 is 5.32 Å². The first-order chi connectivity index (χ1) is 11.7. The van der Waals surface area contributed by atoms with Crippen molar-refractivity contribution in [2.75, 3.05) is 13.1 Å². The molecule has 0 radical (unpaired) electrons. The van der Waals surface area contributed by atoms with Crippen molar-refractivity contribution in [3.05, 3.63) is 45.6 Å². The van der Waals surface area contributed by atoms with Crippen molar-refractivity contribution in [2.45, 2.75) is 31.6 Å². The number of halogens is 2. The molecule has 0 atom stereocenters. The maximum atomic E-state index is 6.39. The molecule has 0 unspecified atom stereocenters. The lowest BCUT2D eigenvalue weighted by Crippen LogP contribution is -2.26. The van der Waals surface area contributed by atoms with Crippen molar-refractivity contribution < 1.29 is 4.52 Å². The van der Waals surface area contributed by atoms with Gasteiger partial charge in [-0.2, -0.15) is 0 Å². The molecule has 24 heavy (non-hydrogen) atoms. The summed E-state index contributed by atoms with van der Waals surface area (Å²) >= 11 is 12.8. The summed E-state index contributed by atoms with van der Waals surface area (Å²) in [4.78, 5) is 0. The van der Waals surface area contributed by atoms with Crippen LogP contribution in [-0.4, -0.2) is 18.2 Å². The molecule has 0 spiro atoms. The monoisotopic (exact) mass is 362 g/mol. The SMILES string of the molecule is Clc1cccc(Cl)c1-c1noc(C2CC2)c1/C=C/C1CCNCC1. The van der Waals surface area contributed by atoms with Gasteiger partial charge in [-0.15, -0.1) is 0 Å². The molecular formula is C19H20Cl2N2O. The fourth-order valence-electron chi connectivity index (χ4n) is 3.28. The van der Waals surface area contributed by atoms with E-state index in [1.807, 2.05) is 18.2 Å². The fraction of sp³-hybridized carbons (Fsp3) is 0.421. The number of nitrogens with one attached hydrogen (secondary N) is 1. The van der Waals surface area contributed by atoms with Crippen molar-refractivity contribution in [3.63, 3.8) is 0 Å². The molecule has 126 valence electrons. The Morgan fingerprint density at radius 1 is 1.08 bits per heavy atom. The smallest absolute Gasteiger partial charge is 0.147 e. The predicted molar refractivity (Wildman–Crippen MR) is 98.6 cm³/mol. The third-order valence-corrected chi connectivity index (χ3v) is 5.45. The zero-order chi connectivity index (χ0) is 16.5. The molecule has 2 aromatic rings. The number of piperidine rings is 1. The van der Waals surface area contributed by atoms with E-state index in [-0.39, 0.29) is 0 Å². The quantitative estimate of drug-likeness (QED) is 0.775. The molecular weight excluding hydrogens is 343 g/mol. The number of aromatic nitrogens is 1. The molecule has 1 aliphatic carbocycles. The second kappa shape index (κ2) is 6.91. The van der Waals surface area contributed by atoms with E-state index in [0.717, 1.165) is 35.7 Å². The highest BCUT2D eigenvalue weighted by Crippen LogP contribution is 2.46. The van der Waals surface area contributed by atoms with E-state index in [9.17, 15) is 0 Å². The lowest BCUT2D eigenvalue weighted by atomic mass is 9.95. The molecule has 1 saturated carbocycles. The Balaban J connectivity index is 1.73. The van der Waals surface area contributed by atoms with Crippen LogP contribution in [0.3, 0.4) is 0 Å². The van der Waals surface area contributed by atoms with Crippen molar-refractivity contribution >= 4 is 29.3 Å². The summed E-state index contributed by atoms with van der Waals surface area (Å²) in [6, 6.07) is 5.53. The molecule has 0 amide bonds. The molecule has 2 fully saturated rings. The Hall–Kier alpha value is -1.29. The fourth-order valence-corrected chi connectivity index (χ4v) is 3.86. The summed E-state index contributed by atoms with van der Waals surface area (Å²) < 4.78 is 5.69. The van der Waals surface area contributed by atoms with Gasteiger partial charge in [0.25, 0.3) is 0 Å². The predicted octanol–water partition coefficient (Wildman–Crippen LogP) is 5.54. The second-order valence-electron chi connectivity index (χ2n) is 6.63. The Morgan fingerprint density at radius 3 is 2.46 bits per heavy atom. The number of allylic oxidation sites excluding steroid dienone is 1. The van der Waals surface area contributed by atoms with Gasteiger partial charge < -0.3 is 9.84 Å². The maximum Gasteiger partial charge on any atom is 0.147 e. The Labute approximate surface area is 152 Å². The van der Waals surface area contributed by atoms with Crippen LogP contribution in [-0.2, 0) is 0 Å². The first-order valence-corrected chi connectivity index (χ1v) is 9.32. The summed E-state index contributed by atoms with van der Waals surface area (Å²) in [5.41, 5.74) is 2.57. The number of hydrogen-bond donors (Lipinski definition) is 1. The van der Waals surface area contributed by atoms with Gasteiger partial charge in [0.2, 0.25) is 0 Å². The first kappa shape index (κ1) is 16.2. The van der Waals surface area contributed by atoms with Gasteiger partial charge in [-0.25, -0.2) is 0 Å². The van der Waals surface area contributed by atoms with Crippen LogP contribution in [0.2, 0.25) is 10.0 Å². The minimum atomic E-state index is 0.486. The Morgan fingerprint density at radius 2 is 1.79 bits per heavy atom. The highest BCUT2D eigenvalue weighted by molar-refractivity contribution is 6.39. The standard InChI is InChI=1S/C19H20Cl2N2O/c20-15-2-1-3-16(21)17(15)18-14(19(24-23-18)13-5-6-13)7-4-12-8-10-22-11-9-12/h1-4,7,12-13,22H,5-6,8-11H2/b7-4+. The van der Waals surface area contributed by atoms with Gasteiger partial charge in [-0.05, 0) is 56.8 Å². The van der Waals surface area contributed by atoms with Gasteiger partial charge in [0.05, 0.1) is 10.0 Å². The molecule has 1 saturated heterocycles. The van der Waals surface area contributed by atoms with Crippen LogP contribution in [0.5, 0.6) is 0 Å². The van der Waals surface area contributed by atoms with Gasteiger partial charge in [-0.3, -0.25) is 0 Å². The third-order valence-electron chi connectivity index (χ3n) is 4.82. The normalized spacial score (nSPS) is 19.2. The molecule has 1 aromatic heterocycles. The van der Waals surface area contributed by atoms with E-state index in [4.69, 9.17) is 27.7 Å². The highest BCUT2D eigenvalue weighted by atomic mass is 35.5. The van der Waals surface area contributed by atoms with Gasteiger partial charge in [-0.1, -0.05) is 46.6 Å². The minimum absolute atomic E-state index is 0.486. The minimum Gasteiger partial charge on any atom is -0.360 e. The molecule has 2 aliphatic rings. The Kier molecular flexibility index (Phi) is 4.66. The maximum absolute atomic E-state index is 6.39. The zero-order valence-corrected chi connectivity index (χ0v) is 14.9. The summed E-state index contributed by atoms with van der Waals surface area (Å²) in [6.07, 6.45) is 9.15. The average molecular weight is 363 g/mol. The molecule has 5 heteroatoms. The van der Waals surface area contributed by atoms with E-state index in [2.05, 4.69) is 22.6 Å². The van der Waals surface area contributed by atoms with Crippen LogP contribution in [0.1, 0.15) is 42.9 Å². The van der Waals surface area contributed by atoms with E-state index >= 15 is 0 Å². The van der Waals surface area contributed by atoms with E-state index in [1.165, 1.54) is 25.7 Å². The van der Waals surface area contributed by atoms with Crippen LogP contribution in [0.4, 0.5) is 0 Å². The number of hydrogen-bond acceptors (Lipinski definition) is 3. The van der Waals surface area contributed by atoms with Crippen LogP contribution in [0.25, 0.3) is 17.3 Å². The summed E-state index contributed by atoms with van der Waals surface area (Å²) in [7, 11) is 0. The van der Waals surface area contributed by atoms with Gasteiger partial charge in [0.15, 0.2) is 0 Å². The van der Waals surface area contributed by atoms with E-state index in [0.29, 0.717) is 21.9 Å². The van der Waals surface area contributed by atoms with Crippen LogP contribution in [0.15, 0.2) is 28.8 Å². The molecule has 1 aliphatic heterocycles. The van der Waals surface area contributed by atoms with Crippen molar-refractivity contribution in [1.82, 2.24) is 10.5 Å². The molecule has 1 N–H and O–H groups in total. The summed E-state index contributed by atoms with van der Waals surface area (Å²) in [5.74, 6) is 2.06. The largest absolute Gasteiger partial charge is 0.360 e. The molecule has 4 rings (SSSR count). The summed E-state index contributed by atoms with van der Waals surface area (Å²) in [5, 5.41) is 8.94. The second-order valence-corrected chi connectivity index (χ2v) is 7.44. The average Bonchev–Trinajstić information content (AvgIpc) is 3.35. The van der Waals surface area contributed by atoms with Gasteiger partial charge in [0, 0.05) is 17.0 Å². The van der Waals surface area contributed by atoms with Crippen molar-refractivity contribution in [1.29, 1.82) is 0 Å². The topological polar surface area (TPSA) is 38.1 Å². The van der Waals surface area contributed by atoms with Crippen LogP contribution >= 0.6 is 23.2 Å². The molecule has 2 heterocycles. The van der Waals surface area contributed by atoms with E-state index in [1.54, 1.807) is 0 Å². The lowest BCUT2D eigenvalue weighted by Gasteiger charge is -2.19. The highest BCUT2D eigenvalue weighted by Gasteiger charge is 2.32. The van der Waals surface area contributed by atoms with Crippen molar-refractivity contribution in [2.24, 2.45) is 5.92 Å². The number of benzene rings is 1. The zero-order valence-electron chi connectivity index (χ0n) is 13.4. The molecule has 0 bridgehead atoms. The molecule has 3 nitrogen and oxygen atoms in total. The molecule has 1 aromatic carbocycles. The van der Waals surface area contributed by atoms with Crippen molar-refractivity contribution in [3.8, 4) is 11.3 Å². The van der Waals surface area contributed by atoms with E-state index < -0.39 is 0 Å². The van der Waals surface area contributed by atoms with Gasteiger partial charge >= 0.3 is 0 Å². The van der Waals surface area contributed by atoms with Crippen LogP contribution in [0, 0.1) is 5.92 Å². The number of rotatable bonds is 4. The number of nitrogens with zero attached hydrogens (tertiary/aromatic N) is 1.